The summed E-state index contributed by atoms with van der Waals surface area (Å²) in [5.41, 5.74) is 5.85. The van der Waals surface area contributed by atoms with E-state index < -0.39 is 0 Å². The Morgan fingerprint density at radius 2 is 1.44 bits per heavy atom. The summed E-state index contributed by atoms with van der Waals surface area (Å²) in [6, 6.07) is 32.8. The molecule has 200 valence electrons. The molecule has 5 nitrogen and oxygen atoms in total. The van der Waals surface area contributed by atoms with Crippen LogP contribution in [0.2, 0.25) is 0 Å². The van der Waals surface area contributed by atoms with Gasteiger partial charge < -0.3 is 10.6 Å². The van der Waals surface area contributed by atoms with Gasteiger partial charge in [-0.2, -0.15) is 0 Å². The van der Waals surface area contributed by atoms with Crippen LogP contribution in [-0.2, 0) is 0 Å². The Morgan fingerprint density at radius 1 is 0.718 bits per heavy atom. The lowest BCUT2D eigenvalue weighted by atomic mass is 10.0. The van der Waals surface area contributed by atoms with Crippen molar-refractivity contribution in [2.75, 3.05) is 23.8 Å². The highest BCUT2D eigenvalue weighted by atomic mass is 16.2. The first kappa shape index (κ1) is 27.6. The third-order valence-corrected chi connectivity index (χ3v) is 6.80. The number of para-hydroxylation sites is 1. The molecule has 0 radical (unpaired) electrons. The van der Waals surface area contributed by atoms with Gasteiger partial charge in [-0.15, -0.1) is 0 Å². The molecule has 2 amide bonds. The molecule has 0 aliphatic heterocycles. The molecule has 4 rings (SSSR count). The van der Waals surface area contributed by atoms with Crippen molar-refractivity contribution in [2.24, 2.45) is 0 Å². The van der Waals surface area contributed by atoms with E-state index in [-0.39, 0.29) is 11.8 Å². The highest BCUT2D eigenvalue weighted by Crippen LogP contribution is 2.28. The van der Waals surface area contributed by atoms with Gasteiger partial charge >= 0.3 is 6.03 Å². The number of rotatable bonds is 12. The maximum absolute atomic E-state index is 13.1. The Bertz CT molecular complexity index is 1370. The van der Waals surface area contributed by atoms with Gasteiger partial charge in [0.2, 0.25) is 0 Å². The van der Waals surface area contributed by atoms with Crippen LogP contribution in [0.25, 0.3) is 11.1 Å². The maximum atomic E-state index is 13.1. The Morgan fingerprint density at radius 3 is 2.21 bits per heavy atom. The molecule has 5 heteroatoms. The molecule has 0 aromatic heterocycles. The van der Waals surface area contributed by atoms with Crippen molar-refractivity contribution in [1.82, 2.24) is 5.32 Å². The summed E-state index contributed by atoms with van der Waals surface area (Å²) in [6.07, 6.45) is 5.84. The molecule has 0 atom stereocenters. The van der Waals surface area contributed by atoms with Crippen LogP contribution in [0.1, 0.15) is 54.9 Å². The minimum atomic E-state index is -0.0918. The van der Waals surface area contributed by atoms with E-state index in [0.29, 0.717) is 17.7 Å². The van der Waals surface area contributed by atoms with Crippen LogP contribution < -0.4 is 15.5 Å². The topological polar surface area (TPSA) is 61.4 Å². The number of carbonyl (C=O) groups excluding carboxylic acids is 2. The maximum Gasteiger partial charge on any atom is 0.321 e. The van der Waals surface area contributed by atoms with Crippen molar-refractivity contribution < 1.29 is 9.59 Å². The summed E-state index contributed by atoms with van der Waals surface area (Å²) in [5, 5.41) is 6.43. The van der Waals surface area contributed by atoms with Crippen molar-refractivity contribution in [3.05, 3.63) is 114 Å². The van der Waals surface area contributed by atoms with Crippen LogP contribution >= 0.6 is 0 Å². The van der Waals surface area contributed by atoms with Gasteiger partial charge in [-0.05, 0) is 53.9 Å². The largest absolute Gasteiger partial charge is 0.355 e. The first-order valence-electron chi connectivity index (χ1n) is 13.7. The fourth-order valence-corrected chi connectivity index (χ4v) is 4.49. The SMILES string of the molecule is CCCCCCCNC(=O)N(C)c1cccc(-c2ccc(Nc3ccccc3C(=O)c3ccccc3)cc2)c1. The standard InChI is InChI=1S/C34H37N3O2/c1-3-4-5-6-12-24-35-34(39)37(2)30-17-13-16-28(25-30)26-20-22-29(23-21-26)36-32-19-11-10-18-31(32)33(38)27-14-8-7-9-15-27/h7-11,13-23,25,36H,3-6,12,24H2,1-2H3,(H,35,39). The number of benzene rings is 4. The lowest BCUT2D eigenvalue weighted by molar-refractivity contribution is 0.103. The van der Waals surface area contributed by atoms with E-state index >= 15 is 0 Å². The average Bonchev–Trinajstić information content (AvgIpc) is 2.99. The fourth-order valence-electron chi connectivity index (χ4n) is 4.49. The summed E-state index contributed by atoms with van der Waals surface area (Å²) in [7, 11) is 1.80. The molecule has 0 fully saturated rings. The molecule has 2 N–H and O–H groups in total. The van der Waals surface area contributed by atoms with Gasteiger partial charge in [0.05, 0.1) is 0 Å². The second-order valence-electron chi connectivity index (χ2n) is 9.70. The predicted octanol–water partition coefficient (Wildman–Crippen LogP) is 8.44. The van der Waals surface area contributed by atoms with E-state index in [9.17, 15) is 9.59 Å². The van der Waals surface area contributed by atoms with E-state index in [4.69, 9.17) is 0 Å². The van der Waals surface area contributed by atoms with Gasteiger partial charge in [-0.1, -0.05) is 99.3 Å². The number of hydrogen-bond donors (Lipinski definition) is 2. The number of urea groups is 1. The molecule has 0 aliphatic rings. The van der Waals surface area contributed by atoms with Crippen LogP contribution in [0.3, 0.4) is 0 Å². The summed E-state index contributed by atoms with van der Waals surface area (Å²) in [6.45, 7) is 2.90. The number of carbonyl (C=O) groups is 2. The summed E-state index contributed by atoms with van der Waals surface area (Å²) < 4.78 is 0. The zero-order valence-electron chi connectivity index (χ0n) is 22.8. The molecular formula is C34H37N3O2. The van der Waals surface area contributed by atoms with Crippen molar-refractivity contribution in [2.45, 2.75) is 39.0 Å². The van der Waals surface area contributed by atoms with Crippen LogP contribution in [-0.4, -0.2) is 25.4 Å². The van der Waals surface area contributed by atoms with Crippen molar-refractivity contribution >= 4 is 28.9 Å². The molecule has 0 unspecified atom stereocenters. The Hall–Kier alpha value is -4.38. The fraction of sp³-hybridized carbons (Fsp3) is 0.235. The third kappa shape index (κ3) is 7.57. The first-order valence-corrected chi connectivity index (χ1v) is 13.7. The Balaban J connectivity index is 1.41. The molecule has 0 bridgehead atoms. The van der Waals surface area contributed by atoms with Crippen molar-refractivity contribution in [3.8, 4) is 11.1 Å². The van der Waals surface area contributed by atoms with Crippen LogP contribution in [0.15, 0.2) is 103 Å². The predicted molar refractivity (Wildman–Crippen MR) is 162 cm³/mol. The third-order valence-electron chi connectivity index (χ3n) is 6.80. The molecule has 0 saturated carbocycles. The molecule has 4 aromatic carbocycles. The molecule has 4 aromatic rings. The second kappa shape index (κ2) is 14.0. The van der Waals surface area contributed by atoms with E-state index in [1.54, 1.807) is 11.9 Å². The highest BCUT2D eigenvalue weighted by Gasteiger charge is 2.14. The Labute approximate surface area is 231 Å². The Kier molecular flexibility index (Phi) is 9.90. The van der Waals surface area contributed by atoms with E-state index in [0.717, 1.165) is 41.0 Å². The van der Waals surface area contributed by atoms with Gasteiger partial charge in [0.25, 0.3) is 0 Å². The molecule has 0 spiro atoms. The lowest BCUT2D eigenvalue weighted by Gasteiger charge is -2.19. The number of nitrogens with zero attached hydrogens (tertiary/aromatic N) is 1. The normalized spacial score (nSPS) is 10.6. The molecule has 0 heterocycles. The van der Waals surface area contributed by atoms with Gasteiger partial charge in [-0.25, -0.2) is 4.79 Å². The summed E-state index contributed by atoms with van der Waals surface area (Å²) >= 11 is 0. The van der Waals surface area contributed by atoms with Crippen LogP contribution in [0.5, 0.6) is 0 Å². The quantitative estimate of drug-likeness (QED) is 0.146. The second-order valence-corrected chi connectivity index (χ2v) is 9.70. The van der Waals surface area contributed by atoms with E-state index in [1.165, 1.54) is 19.3 Å². The minimum absolute atomic E-state index is 0.0169. The van der Waals surface area contributed by atoms with Crippen molar-refractivity contribution in [3.63, 3.8) is 0 Å². The monoisotopic (exact) mass is 519 g/mol. The van der Waals surface area contributed by atoms with E-state index in [2.05, 4.69) is 17.6 Å². The first-order chi connectivity index (χ1) is 19.1. The molecule has 39 heavy (non-hydrogen) atoms. The zero-order chi connectivity index (χ0) is 27.5. The number of nitrogens with one attached hydrogen (secondary N) is 2. The molecule has 0 aliphatic carbocycles. The zero-order valence-corrected chi connectivity index (χ0v) is 22.8. The van der Waals surface area contributed by atoms with Gasteiger partial charge in [-0.3, -0.25) is 9.69 Å². The number of anilines is 3. The van der Waals surface area contributed by atoms with Gasteiger partial charge in [0.1, 0.15) is 0 Å². The van der Waals surface area contributed by atoms with Gasteiger partial charge in [0.15, 0.2) is 5.78 Å². The number of amides is 2. The van der Waals surface area contributed by atoms with Gasteiger partial charge in [0, 0.05) is 41.8 Å². The van der Waals surface area contributed by atoms with Crippen molar-refractivity contribution in [1.29, 1.82) is 0 Å². The summed E-state index contributed by atoms with van der Waals surface area (Å²) in [5.74, 6) is -0.0169. The number of ketones is 1. The number of hydrogen-bond acceptors (Lipinski definition) is 3. The van der Waals surface area contributed by atoms with E-state index in [1.807, 2.05) is 103 Å². The number of unbranched alkanes of at least 4 members (excludes halogenated alkanes) is 4. The smallest absolute Gasteiger partial charge is 0.321 e. The average molecular weight is 520 g/mol. The highest BCUT2D eigenvalue weighted by molar-refractivity contribution is 6.12. The van der Waals surface area contributed by atoms with Crippen LogP contribution in [0, 0.1) is 0 Å². The molecular weight excluding hydrogens is 482 g/mol. The minimum Gasteiger partial charge on any atom is -0.355 e. The van der Waals surface area contributed by atoms with Crippen LogP contribution in [0.4, 0.5) is 21.9 Å². The molecule has 0 saturated heterocycles. The summed E-state index contributed by atoms with van der Waals surface area (Å²) in [4.78, 5) is 27.4. The lowest BCUT2D eigenvalue weighted by Crippen LogP contribution is -2.37.